The molecule has 0 aromatic rings. The number of unbranched alkanes of at least 4 members (excludes halogenated alkanes) is 6. The Labute approximate surface area is 137 Å². The zero-order chi connectivity index (χ0) is 15.9. The van der Waals surface area contributed by atoms with Gasteiger partial charge in [-0.1, -0.05) is 45.4 Å². The van der Waals surface area contributed by atoms with Gasteiger partial charge in [-0.3, -0.25) is 9.59 Å². The van der Waals surface area contributed by atoms with Crippen LogP contribution >= 0.6 is 23.2 Å². The molecule has 4 nitrogen and oxygen atoms in total. The van der Waals surface area contributed by atoms with E-state index in [9.17, 15) is 9.59 Å². The minimum absolute atomic E-state index is 0.00362. The molecule has 0 amide bonds. The molecule has 0 N–H and O–H groups in total. The molecule has 0 spiro atoms. The molecule has 0 aromatic heterocycles. The van der Waals surface area contributed by atoms with E-state index in [1.165, 1.54) is 32.1 Å². The number of carbonyl (C=O) groups excluding carboxylic acids is 2. The molecule has 0 unspecified atom stereocenters. The SMILES string of the molecule is CCCCCCCCCOC(=O)CCC(=O)OCC(Cl)Cl. The second-order valence-corrected chi connectivity index (χ2v) is 6.19. The summed E-state index contributed by atoms with van der Waals surface area (Å²) in [6.07, 6.45) is 8.23. The van der Waals surface area contributed by atoms with Crippen LogP contribution in [0.1, 0.15) is 64.7 Å². The highest BCUT2D eigenvalue weighted by Crippen LogP contribution is 2.07. The third-order valence-corrected chi connectivity index (χ3v) is 3.17. The molecule has 0 atom stereocenters. The van der Waals surface area contributed by atoms with Crippen LogP contribution in [0.3, 0.4) is 0 Å². The fourth-order valence-electron chi connectivity index (χ4n) is 1.75. The summed E-state index contributed by atoms with van der Waals surface area (Å²) in [7, 11) is 0. The number of ether oxygens (including phenoxy) is 2. The highest BCUT2D eigenvalue weighted by atomic mass is 35.5. The number of hydrogen-bond acceptors (Lipinski definition) is 4. The van der Waals surface area contributed by atoms with Crippen molar-refractivity contribution in [2.75, 3.05) is 13.2 Å². The molecule has 0 fully saturated rings. The molecular formula is C15H26Cl2O4. The van der Waals surface area contributed by atoms with Crippen molar-refractivity contribution in [3.8, 4) is 0 Å². The minimum Gasteiger partial charge on any atom is -0.466 e. The van der Waals surface area contributed by atoms with Crippen LogP contribution < -0.4 is 0 Å². The Bertz CT molecular complexity index is 283. The predicted molar refractivity (Wildman–Crippen MR) is 84.6 cm³/mol. The Hall–Kier alpha value is -0.480. The van der Waals surface area contributed by atoms with Crippen molar-refractivity contribution in [2.24, 2.45) is 0 Å². The van der Waals surface area contributed by atoms with E-state index in [0.29, 0.717) is 6.61 Å². The molecular weight excluding hydrogens is 315 g/mol. The first-order valence-electron chi connectivity index (χ1n) is 7.65. The Morgan fingerprint density at radius 1 is 0.857 bits per heavy atom. The van der Waals surface area contributed by atoms with E-state index >= 15 is 0 Å². The molecule has 6 heteroatoms. The molecule has 0 aromatic carbocycles. The number of rotatable bonds is 13. The number of alkyl halides is 2. The van der Waals surface area contributed by atoms with Crippen molar-refractivity contribution in [1.29, 1.82) is 0 Å². The molecule has 0 saturated heterocycles. The predicted octanol–water partition coefficient (Wildman–Crippen LogP) is 4.41. The summed E-state index contributed by atoms with van der Waals surface area (Å²) in [5, 5.41) is 0. The Morgan fingerprint density at radius 2 is 1.38 bits per heavy atom. The summed E-state index contributed by atoms with van der Waals surface area (Å²) in [5.41, 5.74) is 0. The molecule has 0 aliphatic carbocycles. The third kappa shape index (κ3) is 15.7. The van der Waals surface area contributed by atoms with Gasteiger partial charge in [0.1, 0.15) is 11.4 Å². The lowest BCUT2D eigenvalue weighted by Crippen LogP contribution is -2.13. The fourth-order valence-corrected chi connectivity index (χ4v) is 1.88. The standard InChI is InChI=1S/C15H26Cl2O4/c1-2-3-4-5-6-7-8-11-20-14(18)9-10-15(19)21-12-13(16)17/h13H,2-12H2,1H3. The molecule has 0 heterocycles. The van der Waals surface area contributed by atoms with Crippen molar-refractivity contribution in [3.63, 3.8) is 0 Å². The van der Waals surface area contributed by atoms with Gasteiger partial charge >= 0.3 is 11.9 Å². The Balaban J connectivity index is 3.36. The maximum Gasteiger partial charge on any atom is 0.306 e. The number of esters is 2. The van der Waals surface area contributed by atoms with Gasteiger partial charge in [0, 0.05) is 0 Å². The first-order valence-corrected chi connectivity index (χ1v) is 8.53. The van der Waals surface area contributed by atoms with E-state index in [1.54, 1.807) is 0 Å². The minimum atomic E-state index is -0.738. The zero-order valence-electron chi connectivity index (χ0n) is 12.7. The lowest BCUT2D eigenvalue weighted by Gasteiger charge is -2.06. The van der Waals surface area contributed by atoms with Crippen LogP contribution in [0.4, 0.5) is 0 Å². The van der Waals surface area contributed by atoms with Crippen molar-refractivity contribution >= 4 is 35.1 Å². The maximum atomic E-state index is 11.4. The van der Waals surface area contributed by atoms with Gasteiger partial charge in [-0.2, -0.15) is 0 Å². The van der Waals surface area contributed by atoms with Crippen LogP contribution in [0.5, 0.6) is 0 Å². The molecule has 0 bridgehead atoms. The van der Waals surface area contributed by atoms with E-state index in [1.807, 2.05) is 0 Å². The van der Waals surface area contributed by atoms with Gasteiger partial charge in [-0.05, 0) is 6.42 Å². The van der Waals surface area contributed by atoms with Crippen molar-refractivity contribution < 1.29 is 19.1 Å². The highest BCUT2D eigenvalue weighted by molar-refractivity contribution is 6.44. The second-order valence-electron chi connectivity index (χ2n) is 4.92. The summed E-state index contributed by atoms with van der Waals surface area (Å²) in [6, 6.07) is 0. The van der Waals surface area contributed by atoms with Gasteiger partial charge in [0.2, 0.25) is 0 Å². The number of hydrogen-bond donors (Lipinski definition) is 0. The van der Waals surface area contributed by atoms with Gasteiger partial charge in [-0.15, -0.1) is 23.2 Å². The molecule has 0 rings (SSSR count). The zero-order valence-corrected chi connectivity index (χ0v) is 14.3. The van der Waals surface area contributed by atoms with Crippen LogP contribution in [0, 0.1) is 0 Å². The smallest absolute Gasteiger partial charge is 0.306 e. The van der Waals surface area contributed by atoms with E-state index in [2.05, 4.69) is 6.92 Å². The van der Waals surface area contributed by atoms with Gasteiger partial charge in [0.05, 0.1) is 19.4 Å². The first kappa shape index (κ1) is 20.5. The van der Waals surface area contributed by atoms with Crippen LogP contribution in [-0.2, 0) is 19.1 Å². The Kier molecular flexibility index (Phi) is 14.1. The largest absolute Gasteiger partial charge is 0.466 e. The maximum absolute atomic E-state index is 11.4. The summed E-state index contributed by atoms with van der Waals surface area (Å²) in [6.45, 7) is 2.56. The first-order chi connectivity index (χ1) is 10.1. The normalized spacial score (nSPS) is 10.7. The van der Waals surface area contributed by atoms with Crippen LogP contribution in [0.2, 0.25) is 0 Å². The van der Waals surface area contributed by atoms with E-state index in [4.69, 9.17) is 32.7 Å². The monoisotopic (exact) mass is 340 g/mol. The highest BCUT2D eigenvalue weighted by Gasteiger charge is 2.10. The topological polar surface area (TPSA) is 52.6 Å². The molecule has 21 heavy (non-hydrogen) atoms. The average Bonchev–Trinajstić information content (AvgIpc) is 2.45. The molecule has 124 valence electrons. The summed E-state index contributed by atoms with van der Waals surface area (Å²) in [4.78, 5) is 21.8. The van der Waals surface area contributed by atoms with Crippen LogP contribution in [0.15, 0.2) is 0 Å². The van der Waals surface area contributed by atoms with Crippen LogP contribution in [0.25, 0.3) is 0 Å². The van der Waals surface area contributed by atoms with Gasteiger partial charge in [-0.25, -0.2) is 0 Å². The fraction of sp³-hybridized carbons (Fsp3) is 0.867. The summed E-state index contributed by atoms with van der Waals surface area (Å²) >= 11 is 10.8. The Morgan fingerprint density at radius 3 is 1.95 bits per heavy atom. The van der Waals surface area contributed by atoms with Gasteiger partial charge in [0.25, 0.3) is 0 Å². The molecule has 0 radical (unpaired) electrons. The lowest BCUT2D eigenvalue weighted by atomic mass is 10.1. The third-order valence-electron chi connectivity index (χ3n) is 2.91. The lowest BCUT2D eigenvalue weighted by molar-refractivity contribution is -0.150. The molecule has 0 saturated carbocycles. The van der Waals surface area contributed by atoms with E-state index in [-0.39, 0.29) is 25.4 Å². The van der Waals surface area contributed by atoms with Gasteiger partial charge < -0.3 is 9.47 Å². The van der Waals surface area contributed by atoms with Crippen molar-refractivity contribution in [2.45, 2.75) is 69.5 Å². The van der Waals surface area contributed by atoms with Crippen molar-refractivity contribution in [3.05, 3.63) is 0 Å². The average molecular weight is 341 g/mol. The number of halogens is 2. The quantitative estimate of drug-likeness (QED) is 0.283. The van der Waals surface area contributed by atoms with E-state index in [0.717, 1.165) is 12.8 Å². The van der Waals surface area contributed by atoms with Crippen molar-refractivity contribution in [1.82, 2.24) is 0 Å². The second kappa shape index (κ2) is 14.5. The molecule has 0 aliphatic rings. The van der Waals surface area contributed by atoms with Crippen LogP contribution in [-0.4, -0.2) is 30.0 Å². The summed E-state index contributed by atoms with van der Waals surface area (Å²) in [5.74, 6) is -0.861. The molecule has 0 aliphatic heterocycles. The summed E-state index contributed by atoms with van der Waals surface area (Å²) < 4.78 is 9.78. The number of carbonyl (C=O) groups is 2. The van der Waals surface area contributed by atoms with E-state index < -0.39 is 10.8 Å². The van der Waals surface area contributed by atoms with Gasteiger partial charge in [0.15, 0.2) is 0 Å².